The molecule has 2 aromatic carbocycles. The monoisotopic (exact) mass is 349 g/mol. The van der Waals surface area contributed by atoms with Crippen molar-refractivity contribution in [2.24, 2.45) is 10.1 Å². The lowest BCUT2D eigenvalue weighted by atomic mass is 10.1. The first kappa shape index (κ1) is 17.2. The lowest BCUT2D eigenvalue weighted by molar-refractivity contribution is -0.115. The van der Waals surface area contributed by atoms with Crippen molar-refractivity contribution in [1.29, 1.82) is 0 Å². The topological polar surface area (TPSA) is 89.3 Å². The van der Waals surface area contributed by atoms with E-state index < -0.39 is 0 Å². The number of benzene rings is 2. The molecule has 0 radical (unpaired) electrons. The molecule has 1 aliphatic rings. The van der Waals surface area contributed by atoms with E-state index in [0.29, 0.717) is 11.3 Å². The molecule has 0 saturated carbocycles. The minimum atomic E-state index is -0.304. The maximum absolute atomic E-state index is 12.0. The van der Waals surface area contributed by atoms with Gasteiger partial charge in [-0.1, -0.05) is 24.3 Å². The van der Waals surface area contributed by atoms with Crippen LogP contribution >= 0.6 is 0 Å². The number of phenols is 1. The van der Waals surface area contributed by atoms with Crippen LogP contribution in [0.3, 0.4) is 0 Å². The molecule has 0 spiro atoms. The second-order valence-corrected chi connectivity index (χ2v) is 5.86. The summed E-state index contributed by atoms with van der Waals surface area (Å²) >= 11 is 0. The van der Waals surface area contributed by atoms with Crippen LogP contribution in [0.2, 0.25) is 0 Å². The Labute approximate surface area is 151 Å². The van der Waals surface area contributed by atoms with E-state index in [9.17, 15) is 9.90 Å². The van der Waals surface area contributed by atoms with E-state index in [4.69, 9.17) is 0 Å². The summed E-state index contributed by atoms with van der Waals surface area (Å²) in [6, 6.07) is 14.6. The van der Waals surface area contributed by atoms with Gasteiger partial charge in [-0.2, -0.15) is 5.10 Å². The van der Waals surface area contributed by atoms with Gasteiger partial charge in [0.1, 0.15) is 11.4 Å². The van der Waals surface area contributed by atoms with E-state index in [0.717, 1.165) is 11.3 Å². The van der Waals surface area contributed by atoms with Crippen LogP contribution in [0.25, 0.3) is 6.08 Å². The van der Waals surface area contributed by atoms with Gasteiger partial charge in [0.2, 0.25) is 5.96 Å². The highest BCUT2D eigenvalue weighted by molar-refractivity contribution is 6.13. The van der Waals surface area contributed by atoms with Crippen LogP contribution in [0.5, 0.6) is 5.75 Å². The maximum Gasteiger partial charge on any atom is 0.276 e. The van der Waals surface area contributed by atoms with Crippen molar-refractivity contribution in [3.63, 3.8) is 0 Å². The fourth-order valence-corrected chi connectivity index (χ4v) is 2.31. The summed E-state index contributed by atoms with van der Waals surface area (Å²) in [5, 5.41) is 16.3. The molecule has 0 atom stereocenters. The number of amides is 1. The Kier molecular flexibility index (Phi) is 4.98. The number of nitrogens with one attached hydrogen (secondary N) is 2. The molecule has 132 valence electrons. The average molecular weight is 349 g/mol. The summed E-state index contributed by atoms with van der Waals surface area (Å²) in [5.74, 6) is 0.0528. The average Bonchev–Trinajstić information content (AvgIpc) is 2.96. The molecule has 7 heteroatoms. The third-order valence-corrected chi connectivity index (χ3v) is 3.72. The normalized spacial score (nSPS) is 15.2. The Morgan fingerprint density at radius 3 is 2.58 bits per heavy atom. The van der Waals surface area contributed by atoms with Crippen molar-refractivity contribution in [3.05, 3.63) is 65.4 Å². The number of guanidine groups is 1. The number of phenolic OH excluding ortho intramolecular Hbond substituents is 1. The number of hydrogen-bond acceptors (Lipinski definition) is 6. The number of nitrogens with zero attached hydrogens (tertiary/aromatic N) is 3. The number of aromatic hydroxyl groups is 1. The van der Waals surface area contributed by atoms with Crippen LogP contribution in [0.1, 0.15) is 11.1 Å². The van der Waals surface area contributed by atoms with Crippen LogP contribution in [0.15, 0.2) is 64.3 Å². The zero-order valence-electron chi connectivity index (χ0n) is 14.5. The quantitative estimate of drug-likeness (QED) is 0.447. The minimum absolute atomic E-state index is 0.122. The molecule has 26 heavy (non-hydrogen) atoms. The summed E-state index contributed by atoms with van der Waals surface area (Å²) in [7, 11) is 3.94. The van der Waals surface area contributed by atoms with Gasteiger partial charge in [-0.15, -0.1) is 0 Å². The zero-order valence-corrected chi connectivity index (χ0v) is 14.5. The number of aliphatic imine (C=N–C) groups is 1. The third-order valence-electron chi connectivity index (χ3n) is 3.72. The van der Waals surface area contributed by atoms with Gasteiger partial charge in [0.15, 0.2) is 0 Å². The van der Waals surface area contributed by atoms with Crippen molar-refractivity contribution in [3.8, 4) is 5.75 Å². The Morgan fingerprint density at radius 2 is 1.88 bits per heavy atom. The van der Waals surface area contributed by atoms with Crippen molar-refractivity contribution in [1.82, 2.24) is 10.7 Å². The second-order valence-electron chi connectivity index (χ2n) is 5.86. The molecule has 0 bridgehead atoms. The maximum atomic E-state index is 12.0. The lowest BCUT2D eigenvalue weighted by Gasteiger charge is -2.11. The first-order chi connectivity index (χ1) is 12.5. The predicted octanol–water partition coefficient (Wildman–Crippen LogP) is 1.91. The van der Waals surface area contributed by atoms with E-state index in [1.807, 2.05) is 43.3 Å². The number of anilines is 1. The van der Waals surface area contributed by atoms with Gasteiger partial charge in [-0.3, -0.25) is 10.1 Å². The molecule has 3 N–H and O–H groups in total. The molecule has 0 saturated heterocycles. The van der Waals surface area contributed by atoms with Crippen molar-refractivity contribution < 1.29 is 9.90 Å². The van der Waals surface area contributed by atoms with Gasteiger partial charge in [0.25, 0.3) is 5.91 Å². The van der Waals surface area contributed by atoms with Crippen molar-refractivity contribution in [2.45, 2.75) is 0 Å². The smallest absolute Gasteiger partial charge is 0.276 e. The van der Waals surface area contributed by atoms with Crippen LogP contribution in [-0.4, -0.2) is 37.3 Å². The largest absolute Gasteiger partial charge is 0.507 e. The standard InChI is InChI=1S/C19H19N5O2/c1-24(2)15-9-7-13(8-10-15)11-16-18(26)22-19(21-16)23-20-12-14-5-3-4-6-17(14)25/h3-12,25H,1-2H3,(H2,21,22,23,26)/b16-11-,20-12+. The lowest BCUT2D eigenvalue weighted by Crippen LogP contribution is -2.33. The van der Waals surface area contributed by atoms with Gasteiger partial charge in [-0.25, -0.2) is 10.4 Å². The van der Waals surface area contributed by atoms with E-state index in [1.165, 1.54) is 6.21 Å². The molecule has 3 rings (SSSR count). The third kappa shape index (κ3) is 4.07. The van der Waals surface area contributed by atoms with E-state index in [1.54, 1.807) is 30.3 Å². The summed E-state index contributed by atoms with van der Waals surface area (Å²) in [4.78, 5) is 18.2. The van der Waals surface area contributed by atoms with Crippen LogP contribution in [0, 0.1) is 0 Å². The van der Waals surface area contributed by atoms with Crippen LogP contribution < -0.4 is 15.6 Å². The highest BCUT2D eigenvalue weighted by Gasteiger charge is 2.19. The first-order valence-corrected chi connectivity index (χ1v) is 7.99. The van der Waals surface area contributed by atoms with Crippen molar-refractivity contribution >= 4 is 29.8 Å². The Bertz CT molecular complexity index is 898. The highest BCUT2D eigenvalue weighted by atomic mass is 16.3. The molecular weight excluding hydrogens is 330 g/mol. The number of hydrogen-bond donors (Lipinski definition) is 3. The van der Waals surface area contributed by atoms with Crippen molar-refractivity contribution in [2.75, 3.05) is 19.0 Å². The zero-order chi connectivity index (χ0) is 18.5. The number of para-hydroxylation sites is 1. The molecule has 0 aromatic heterocycles. The summed E-state index contributed by atoms with van der Waals surface area (Å²) < 4.78 is 0. The van der Waals surface area contributed by atoms with E-state index in [2.05, 4.69) is 20.8 Å². The molecule has 0 aliphatic carbocycles. The highest BCUT2D eigenvalue weighted by Crippen LogP contribution is 2.16. The Balaban J connectivity index is 1.69. The number of carbonyl (C=O) groups excluding carboxylic acids is 1. The molecule has 2 aromatic rings. The summed E-state index contributed by atoms with van der Waals surface area (Å²) in [6.45, 7) is 0. The summed E-state index contributed by atoms with van der Waals surface area (Å²) in [6.07, 6.45) is 3.15. The van der Waals surface area contributed by atoms with Gasteiger partial charge in [0, 0.05) is 25.3 Å². The number of carbonyl (C=O) groups is 1. The SMILES string of the molecule is CN(C)c1ccc(/C=C2\N=C(N/N=C/c3ccccc3O)NC2=O)cc1. The number of rotatable bonds is 4. The van der Waals surface area contributed by atoms with Crippen LogP contribution in [0.4, 0.5) is 5.69 Å². The fraction of sp³-hybridized carbons (Fsp3) is 0.105. The molecule has 0 fully saturated rings. The molecule has 1 amide bonds. The fourth-order valence-electron chi connectivity index (χ4n) is 2.31. The summed E-state index contributed by atoms with van der Waals surface area (Å²) in [5.41, 5.74) is 5.46. The molecule has 1 heterocycles. The minimum Gasteiger partial charge on any atom is -0.507 e. The number of hydrazone groups is 1. The Hall–Kier alpha value is -3.61. The molecule has 1 aliphatic heterocycles. The van der Waals surface area contributed by atoms with Gasteiger partial charge in [0.05, 0.1) is 6.21 Å². The van der Waals surface area contributed by atoms with Gasteiger partial charge >= 0.3 is 0 Å². The molecular formula is C19H19N5O2. The molecule has 7 nitrogen and oxygen atoms in total. The Morgan fingerprint density at radius 1 is 1.15 bits per heavy atom. The molecule has 0 unspecified atom stereocenters. The first-order valence-electron chi connectivity index (χ1n) is 7.99. The van der Waals surface area contributed by atoms with Gasteiger partial charge in [-0.05, 0) is 35.9 Å². The van der Waals surface area contributed by atoms with Gasteiger partial charge < -0.3 is 10.0 Å². The van der Waals surface area contributed by atoms with Crippen LogP contribution in [-0.2, 0) is 4.79 Å². The van der Waals surface area contributed by atoms with E-state index >= 15 is 0 Å². The van der Waals surface area contributed by atoms with E-state index in [-0.39, 0.29) is 17.6 Å². The second kappa shape index (κ2) is 7.52. The predicted molar refractivity (Wildman–Crippen MR) is 103 cm³/mol.